The standard InChI is InChI=1S/C19H27N5O2/c1-26-14-17-11-16(22-23-17)12-21-19(25)24(18-8-3-2-4-9-18)13-15-7-5-6-10-20-15/h5-7,10-11,18H,2-4,8-9,12-14H2,1H3,(H,21,25)(H,22,23). The lowest BCUT2D eigenvalue weighted by atomic mass is 9.94. The Kier molecular flexibility index (Phi) is 6.60. The minimum atomic E-state index is -0.0505. The van der Waals surface area contributed by atoms with Crippen molar-refractivity contribution >= 4 is 6.03 Å². The van der Waals surface area contributed by atoms with Gasteiger partial charge in [0, 0.05) is 19.3 Å². The predicted molar refractivity (Wildman–Crippen MR) is 98.2 cm³/mol. The number of nitrogens with one attached hydrogen (secondary N) is 2. The molecule has 0 bridgehead atoms. The van der Waals surface area contributed by atoms with Crippen molar-refractivity contribution in [3.05, 3.63) is 47.5 Å². The third kappa shape index (κ3) is 5.05. The number of nitrogens with zero attached hydrogens (tertiary/aromatic N) is 3. The largest absolute Gasteiger partial charge is 0.378 e. The molecule has 7 nitrogen and oxygen atoms in total. The van der Waals surface area contributed by atoms with Crippen molar-refractivity contribution in [3.8, 4) is 0 Å². The number of hydrogen-bond donors (Lipinski definition) is 2. The Balaban J connectivity index is 1.63. The molecule has 2 N–H and O–H groups in total. The smallest absolute Gasteiger partial charge is 0.318 e. The fourth-order valence-corrected chi connectivity index (χ4v) is 3.42. The molecule has 140 valence electrons. The number of carbonyl (C=O) groups is 1. The maximum absolute atomic E-state index is 12.9. The van der Waals surface area contributed by atoms with Gasteiger partial charge in [0.05, 0.1) is 36.8 Å². The maximum Gasteiger partial charge on any atom is 0.318 e. The van der Waals surface area contributed by atoms with Gasteiger partial charge in [0.1, 0.15) is 0 Å². The molecule has 1 saturated carbocycles. The average Bonchev–Trinajstić information content (AvgIpc) is 3.13. The van der Waals surface area contributed by atoms with Gasteiger partial charge < -0.3 is 15.0 Å². The Morgan fingerprint density at radius 1 is 1.31 bits per heavy atom. The normalized spacial score (nSPS) is 15.0. The van der Waals surface area contributed by atoms with E-state index in [4.69, 9.17) is 4.74 Å². The SMILES string of the molecule is COCc1cc(CNC(=O)N(Cc2ccccn2)C2CCCCC2)[nH]n1. The molecule has 0 aromatic carbocycles. The number of methoxy groups -OCH3 is 1. The summed E-state index contributed by atoms with van der Waals surface area (Å²) >= 11 is 0. The number of amides is 2. The Morgan fingerprint density at radius 2 is 2.15 bits per heavy atom. The van der Waals surface area contributed by atoms with Gasteiger partial charge in [0.2, 0.25) is 0 Å². The monoisotopic (exact) mass is 357 g/mol. The average molecular weight is 357 g/mol. The zero-order valence-corrected chi connectivity index (χ0v) is 15.3. The second kappa shape index (κ2) is 9.33. The predicted octanol–water partition coefficient (Wildman–Crippen LogP) is 3.00. The zero-order chi connectivity index (χ0) is 18.2. The van der Waals surface area contributed by atoms with Gasteiger partial charge in [-0.25, -0.2) is 4.79 Å². The minimum absolute atomic E-state index is 0.0505. The van der Waals surface area contributed by atoms with Crippen LogP contribution in [0, 0.1) is 0 Å². The lowest BCUT2D eigenvalue weighted by Crippen LogP contribution is -2.46. The Morgan fingerprint density at radius 3 is 2.88 bits per heavy atom. The molecule has 1 aliphatic rings. The van der Waals surface area contributed by atoms with E-state index in [-0.39, 0.29) is 12.1 Å². The van der Waals surface area contributed by atoms with Gasteiger partial charge in [0.15, 0.2) is 0 Å². The molecule has 0 aliphatic heterocycles. The van der Waals surface area contributed by atoms with Crippen molar-refractivity contribution < 1.29 is 9.53 Å². The molecule has 0 unspecified atom stereocenters. The van der Waals surface area contributed by atoms with Gasteiger partial charge in [-0.2, -0.15) is 5.10 Å². The van der Waals surface area contributed by atoms with E-state index >= 15 is 0 Å². The second-order valence-electron chi connectivity index (χ2n) is 6.72. The summed E-state index contributed by atoms with van der Waals surface area (Å²) in [6.45, 7) is 1.41. The number of pyridine rings is 1. The number of carbonyl (C=O) groups excluding carboxylic acids is 1. The van der Waals surface area contributed by atoms with Crippen molar-refractivity contribution in [3.63, 3.8) is 0 Å². The van der Waals surface area contributed by atoms with Gasteiger partial charge in [-0.15, -0.1) is 0 Å². The molecule has 7 heteroatoms. The van der Waals surface area contributed by atoms with Crippen LogP contribution in [0.1, 0.15) is 49.2 Å². The molecule has 0 radical (unpaired) electrons. The van der Waals surface area contributed by atoms with Crippen molar-refractivity contribution in [2.75, 3.05) is 7.11 Å². The number of urea groups is 1. The highest BCUT2D eigenvalue weighted by Crippen LogP contribution is 2.24. The van der Waals surface area contributed by atoms with Crippen LogP contribution in [0.3, 0.4) is 0 Å². The molecule has 1 aliphatic carbocycles. The van der Waals surface area contributed by atoms with Gasteiger partial charge >= 0.3 is 6.03 Å². The van der Waals surface area contributed by atoms with Crippen LogP contribution in [0.5, 0.6) is 0 Å². The fraction of sp³-hybridized carbons (Fsp3) is 0.526. The lowest BCUT2D eigenvalue weighted by Gasteiger charge is -2.34. The third-order valence-electron chi connectivity index (χ3n) is 4.74. The second-order valence-corrected chi connectivity index (χ2v) is 6.72. The molecule has 2 aromatic heterocycles. The summed E-state index contributed by atoms with van der Waals surface area (Å²) in [6.07, 6.45) is 7.50. The number of rotatable bonds is 7. The van der Waals surface area contributed by atoms with Crippen molar-refractivity contribution in [1.82, 2.24) is 25.4 Å². The van der Waals surface area contributed by atoms with E-state index in [0.29, 0.717) is 19.7 Å². The third-order valence-corrected chi connectivity index (χ3v) is 4.74. The molecule has 26 heavy (non-hydrogen) atoms. The van der Waals surface area contributed by atoms with E-state index < -0.39 is 0 Å². The van der Waals surface area contributed by atoms with Crippen LogP contribution in [0.15, 0.2) is 30.5 Å². The number of aromatic amines is 1. The quantitative estimate of drug-likeness (QED) is 0.798. The van der Waals surface area contributed by atoms with Crippen LogP contribution in [-0.2, 0) is 24.4 Å². The van der Waals surface area contributed by atoms with Gasteiger partial charge in [-0.05, 0) is 31.0 Å². The summed E-state index contributed by atoms with van der Waals surface area (Å²) in [6, 6.07) is 7.95. The summed E-state index contributed by atoms with van der Waals surface area (Å²) in [5.74, 6) is 0. The minimum Gasteiger partial charge on any atom is -0.378 e. The fourth-order valence-electron chi connectivity index (χ4n) is 3.42. The van der Waals surface area contributed by atoms with Crippen LogP contribution in [0.4, 0.5) is 4.79 Å². The molecule has 0 atom stereocenters. The molecule has 2 amide bonds. The van der Waals surface area contributed by atoms with E-state index in [9.17, 15) is 4.79 Å². The molecule has 3 rings (SSSR count). The maximum atomic E-state index is 12.9. The topological polar surface area (TPSA) is 83.1 Å². The van der Waals surface area contributed by atoms with Crippen molar-refractivity contribution in [1.29, 1.82) is 0 Å². The first-order chi connectivity index (χ1) is 12.8. The van der Waals surface area contributed by atoms with Crippen molar-refractivity contribution in [2.24, 2.45) is 0 Å². The number of ether oxygens (including phenoxy) is 1. The Labute approximate surface area is 154 Å². The van der Waals surface area contributed by atoms with Gasteiger partial charge in [0.25, 0.3) is 0 Å². The zero-order valence-electron chi connectivity index (χ0n) is 15.3. The highest BCUT2D eigenvalue weighted by molar-refractivity contribution is 5.74. The van der Waals surface area contributed by atoms with Crippen LogP contribution < -0.4 is 5.32 Å². The van der Waals surface area contributed by atoms with E-state index in [1.54, 1.807) is 13.3 Å². The van der Waals surface area contributed by atoms with E-state index in [0.717, 1.165) is 29.9 Å². The van der Waals surface area contributed by atoms with Gasteiger partial charge in [-0.1, -0.05) is 25.3 Å². The highest BCUT2D eigenvalue weighted by Gasteiger charge is 2.25. The first kappa shape index (κ1) is 18.4. The summed E-state index contributed by atoms with van der Waals surface area (Å²) in [5.41, 5.74) is 2.61. The highest BCUT2D eigenvalue weighted by atomic mass is 16.5. The van der Waals surface area contributed by atoms with E-state index in [2.05, 4.69) is 20.5 Å². The summed E-state index contributed by atoms with van der Waals surface area (Å²) in [4.78, 5) is 19.2. The number of H-pyrrole nitrogens is 1. The number of hydrogen-bond acceptors (Lipinski definition) is 4. The first-order valence-corrected chi connectivity index (χ1v) is 9.22. The molecule has 2 aromatic rings. The molecular weight excluding hydrogens is 330 g/mol. The molecule has 1 fully saturated rings. The van der Waals surface area contributed by atoms with Crippen LogP contribution in [0.2, 0.25) is 0 Å². The van der Waals surface area contributed by atoms with Crippen molar-refractivity contribution in [2.45, 2.75) is 57.8 Å². The van der Waals surface area contributed by atoms with E-state index in [1.165, 1.54) is 19.3 Å². The Bertz CT molecular complexity index is 682. The summed E-state index contributed by atoms with van der Waals surface area (Å²) in [5, 5.41) is 10.1. The summed E-state index contributed by atoms with van der Waals surface area (Å²) < 4.78 is 5.07. The first-order valence-electron chi connectivity index (χ1n) is 9.22. The van der Waals surface area contributed by atoms with Crippen LogP contribution in [0.25, 0.3) is 0 Å². The Hall–Kier alpha value is -2.41. The molecule has 2 heterocycles. The lowest BCUT2D eigenvalue weighted by molar-refractivity contribution is 0.149. The van der Waals surface area contributed by atoms with Crippen LogP contribution in [-0.4, -0.2) is 39.3 Å². The number of aromatic nitrogens is 3. The van der Waals surface area contributed by atoms with Crippen LogP contribution >= 0.6 is 0 Å². The van der Waals surface area contributed by atoms with E-state index in [1.807, 2.05) is 29.2 Å². The molecule has 0 spiro atoms. The van der Waals surface area contributed by atoms with Gasteiger partial charge in [-0.3, -0.25) is 10.1 Å². The summed E-state index contributed by atoms with van der Waals surface area (Å²) in [7, 11) is 1.63. The molecule has 0 saturated heterocycles. The molecular formula is C19H27N5O2.